The number of aryl methyl sites for hydroxylation is 4. The Balaban J connectivity index is 0.000000838. The molecule has 530 valence electrons. The van der Waals surface area contributed by atoms with Gasteiger partial charge in [0, 0.05) is 45.6 Å². The summed E-state index contributed by atoms with van der Waals surface area (Å²) in [5.41, 5.74) is 2.61. The van der Waals surface area contributed by atoms with Crippen molar-refractivity contribution in [2.45, 2.75) is 134 Å². The van der Waals surface area contributed by atoms with Crippen molar-refractivity contribution in [1.82, 2.24) is 36.0 Å². The summed E-state index contributed by atoms with van der Waals surface area (Å²) < 4.78 is 125. The van der Waals surface area contributed by atoms with Crippen molar-refractivity contribution >= 4 is 91.3 Å². The lowest BCUT2D eigenvalue weighted by atomic mass is 10.1. The molecular weight excluding hydrogens is 1340 g/mol. The van der Waals surface area contributed by atoms with Gasteiger partial charge in [0.25, 0.3) is 0 Å². The Hall–Kier alpha value is -8.17. The minimum Gasteiger partial charge on any atom is -0.494 e. The molecule has 95 heavy (non-hydrogen) atoms. The summed E-state index contributed by atoms with van der Waals surface area (Å²) in [6.45, 7) is 14.4. The van der Waals surface area contributed by atoms with Crippen LogP contribution in [-0.2, 0) is 80.9 Å². The molecule has 0 radical (unpaired) electrons. The van der Waals surface area contributed by atoms with Gasteiger partial charge in [-0.25, -0.2) is 36.0 Å². The number of nitrogens with one attached hydrogen (secondary N) is 7. The van der Waals surface area contributed by atoms with Crippen molar-refractivity contribution in [3.8, 4) is 11.5 Å². The number of aliphatic carboxylic acids is 1. The number of amides is 5. The molecule has 27 nitrogen and oxygen atoms in total. The van der Waals surface area contributed by atoms with Gasteiger partial charge in [0.05, 0.1) is 42.6 Å². The number of hydrogen-bond acceptors (Lipinski definition) is 19. The topological polar surface area (TPSA) is 374 Å². The molecule has 0 bridgehead atoms. The van der Waals surface area contributed by atoms with Gasteiger partial charge < -0.3 is 64.8 Å². The number of rotatable bonds is 31. The number of benzene rings is 4. The van der Waals surface area contributed by atoms with E-state index >= 15 is 0 Å². The van der Waals surface area contributed by atoms with Crippen LogP contribution in [0.4, 0.5) is 27.6 Å². The van der Waals surface area contributed by atoms with Crippen molar-refractivity contribution in [2.24, 2.45) is 0 Å². The lowest BCUT2D eigenvalue weighted by Crippen LogP contribution is -2.49. The highest BCUT2D eigenvalue weighted by atomic mass is 35.5. The third-order valence-corrected chi connectivity index (χ3v) is 15.5. The van der Waals surface area contributed by atoms with E-state index in [-0.39, 0.29) is 98.8 Å². The summed E-state index contributed by atoms with van der Waals surface area (Å²) in [5.74, 6) is -3.83. The Morgan fingerprint density at radius 2 is 0.884 bits per heavy atom. The molecular formula is C61H84Cl2F3N7O20S2. The predicted octanol–water partition coefficient (Wildman–Crippen LogP) is 7.64. The van der Waals surface area contributed by atoms with Crippen LogP contribution in [0.1, 0.15) is 93.2 Å². The second-order valence-electron chi connectivity index (χ2n) is 20.9. The Bertz CT molecular complexity index is 3290. The van der Waals surface area contributed by atoms with Crippen LogP contribution >= 0.6 is 23.2 Å². The van der Waals surface area contributed by atoms with Crippen LogP contribution in [0.5, 0.6) is 11.5 Å². The molecule has 0 spiro atoms. The maximum atomic E-state index is 13.3. The smallest absolute Gasteiger partial charge is 0.490 e. The summed E-state index contributed by atoms with van der Waals surface area (Å²) in [5, 5.41) is 20.3. The molecule has 4 rings (SSSR count). The highest BCUT2D eigenvalue weighted by Crippen LogP contribution is 2.28. The van der Waals surface area contributed by atoms with Gasteiger partial charge in [-0.3, -0.25) is 19.2 Å². The predicted molar refractivity (Wildman–Crippen MR) is 344 cm³/mol. The molecule has 0 saturated carbocycles. The minimum absolute atomic E-state index is 0.0528. The highest BCUT2D eigenvalue weighted by molar-refractivity contribution is 7.90. The quantitative estimate of drug-likeness (QED) is 0.0104. The maximum absolute atomic E-state index is 13.3. The number of halogens is 5. The number of carboxylic acids is 1. The number of carbonyl (C=O) groups excluding carboxylic acids is 7. The third-order valence-electron chi connectivity index (χ3n) is 12.0. The molecule has 34 heteroatoms. The zero-order valence-electron chi connectivity index (χ0n) is 54.3. The Kier molecular flexibility index (Phi) is 39.1. The van der Waals surface area contributed by atoms with E-state index in [1.807, 2.05) is 60.7 Å². The van der Waals surface area contributed by atoms with Gasteiger partial charge in [-0.05, 0) is 125 Å². The first-order valence-electron chi connectivity index (χ1n) is 29.0. The van der Waals surface area contributed by atoms with E-state index in [0.29, 0.717) is 46.6 Å². The largest absolute Gasteiger partial charge is 0.494 e. The SMILES string of the molecule is CC[C@H](NS(=O)(=O)c1c(C)cc(OCCCC(=O)NCCNC(=O)OCc2ccccc2)cc1C)C(=O)OC.COC(=O)[C@H](CNC(=O)OC(C)(C)C)NS(=O)(=O)c1c(C)cc(OCCCC(=O)NCCNC(=O)OCc2ccccc2)cc1C.ClCCl.O=C(O)C(F)(F)F. The van der Waals surface area contributed by atoms with Crippen molar-refractivity contribution in [1.29, 1.82) is 0 Å². The zero-order valence-corrected chi connectivity index (χ0v) is 57.4. The standard InChI is InChI=1S/C31H44N4O10S.C27H37N3O8S.C2HF3O2.CH2Cl2/c1-21-17-24(43-16-10-13-26(36)32-14-15-33-29(38)44-20-23-11-8-7-9-12-23)18-22(2)27(21)46(40,41)35-25(28(37)42-6)19-34-30(39)45-31(3,4)5;1-5-23(26(32)36-4)30-39(34,35)25-19(2)16-22(17-20(25)3)37-15-9-12-24(31)28-13-14-29-27(33)38-18-21-10-7-6-8-11-21;3-2(4,5)1(6)7;2-1-3/h7-9,11-12,17-18,25,35H,10,13-16,19-20H2,1-6H3,(H,32,36)(H,33,38)(H,34,39);6-8,10-11,16-17,23,30H,5,9,12-15,18H2,1-4H3,(H,28,31)(H,29,33);(H,6,7);1H2/t25-;23-;;/m00../s1. The van der Waals surface area contributed by atoms with Crippen molar-refractivity contribution < 1.29 is 107 Å². The Labute approximate surface area is 560 Å². The van der Waals surface area contributed by atoms with E-state index in [2.05, 4.69) is 40.8 Å². The monoisotopic (exact) mass is 1430 g/mol. The Morgan fingerprint density at radius 3 is 1.21 bits per heavy atom. The second-order valence-corrected chi connectivity index (χ2v) is 25.1. The maximum Gasteiger partial charge on any atom is 0.490 e. The normalized spacial score (nSPS) is 11.7. The molecule has 0 saturated heterocycles. The van der Waals surface area contributed by atoms with Gasteiger partial charge in [-0.2, -0.15) is 22.6 Å². The van der Waals surface area contributed by atoms with Gasteiger partial charge in [-0.1, -0.05) is 67.6 Å². The highest BCUT2D eigenvalue weighted by Gasteiger charge is 2.38. The fraction of sp³-hybridized carbons (Fsp3) is 0.475. The van der Waals surface area contributed by atoms with Crippen LogP contribution < -0.4 is 45.5 Å². The molecule has 2 atom stereocenters. The van der Waals surface area contributed by atoms with Gasteiger partial charge in [0.1, 0.15) is 42.4 Å². The number of methoxy groups -OCH3 is 2. The Morgan fingerprint density at radius 1 is 0.547 bits per heavy atom. The van der Waals surface area contributed by atoms with Gasteiger partial charge >= 0.3 is 42.4 Å². The van der Waals surface area contributed by atoms with E-state index in [9.17, 15) is 63.6 Å². The van der Waals surface area contributed by atoms with E-state index in [1.54, 1.807) is 67.5 Å². The number of hydrogen-bond donors (Lipinski definition) is 8. The number of esters is 2. The molecule has 0 aliphatic rings. The van der Waals surface area contributed by atoms with Crippen molar-refractivity contribution in [3.63, 3.8) is 0 Å². The van der Waals surface area contributed by atoms with Gasteiger partial charge in [0.15, 0.2) is 0 Å². The summed E-state index contributed by atoms with van der Waals surface area (Å²) in [6, 6.07) is 22.5. The van der Waals surface area contributed by atoms with Crippen LogP contribution in [0.25, 0.3) is 0 Å². The summed E-state index contributed by atoms with van der Waals surface area (Å²) in [7, 11) is -5.89. The molecule has 8 N–H and O–H groups in total. The van der Waals surface area contributed by atoms with Crippen LogP contribution in [0, 0.1) is 27.7 Å². The van der Waals surface area contributed by atoms with E-state index < -0.39 is 86.6 Å². The zero-order chi connectivity index (χ0) is 72.0. The molecule has 4 aromatic carbocycles. The van der Waals surface area contributed by atoms with E-state index in [4.69, 9.17) is 61.5 Å². The summed E-state index contributed by atoms with van der Waals surface area (Å²) in [4.78, 5) is 92.7. The molecule has 0 aliphatic heterocycles. The van der Waals surface area contributed by atoms with E-state index in [1.165, 1.54) is 19.2 Å². The molecule has 4 aromatic rings. The number of carbonyl (C=O) groups is 8. The fourth-order valence-electron chi connectivity index (χ4n) is 7.89. The summed E-state index contributed by atoms with van der Waals surface area (Å²) in [6.07, 6.45) is -5.56. The number of sulfonamides is 2. The first-order chi connectivity index (χ1) is 44.5. The first-order valence-corrected chi connectivity index (χ1v) is 33.1. The average Bonchev–Trinajstić information content (AvgIpc) is 0.803. The van der Waals surface area contributed by atoms with E-state index in [0.717, 1.165) is 18.2 Å². The molecule has 0 aliphatic carbocycles. The molecule has 0 aromatic heterocycles. The number of alkyl carbamates (subject to hydrolysis) is 3. The molecule has 0 heterocycles. The van der Waals surface area contributed by atoms with Crippen molar-refractivity contribution in [2.75, 3.05) is 65.5 Å². The second kappa shape index (κ2) is 43.7. The minimum atomic E-state index is -5.08. The lowest BCUT2D eigenvalue weighted by Gasteiger charge is -2.22. The summed E-state index contributed by atoms with van der Waals surface area (Å²) >= 11 is 9.53. The van der Waals surface area contributed by atoms with Gasteiger partial charge in [-0.15, -0.1) is 23.2 Å². The number of alkyl halides is 5. The van der Waals surface area contributed by atoms with Crippen molar-refractivity contribution in [3.05, 3.63) is 118 Å². The van der Waals surface area contributed by atoms with Crippen LogP contribution in [-0.4, -0.2) is 159 Å². The van der Waals surface area contributed by atoms with Crippen LogP contribution in [0.15, 0.2) is 94.7 Å². The van der Waals surface area contributed by atoms with Crippen LogP contribution in [0.2, 0.25) is 0 Å². The first kappa shape index (κ1) is 84.8. The van der Waals surface area contributed by atoms with Gasteiger partial charge in [0.2, 0.25) is 31.9 Å². The molecule has 0 unspecified atom stereocenters. The number of carboxylic acid groups (broad SMARTS) is 1. The third kappa shape index (κ3) is 35.8. The fourth-order valence-corrected chi connectivity index (χ4v) is 11.2. The number of ether oxygens (including phenoxy) is 7. The molecule has 0 fully saturated rings. The molecule has 5 amide bonds. The average molecular weight is 1430 g/mol. The lowest BCUT2D eigenvalue weighted by molar-refractivity contribution is -0.192. The van der Waals surface area contributed by atoms with Crippen LogP contribution in [0.3, 0.4) is 0 Å².